The summed E-state index contributed by atoms with van der Waals surface area (Å²) in [6, 6.07) is 0. The summed E-state index contributed by atoms with van der Waals surface area (Å²) >= 11 is 0. The second-order valence-electron chi connectivity index (χ2n) is 2.79. The van der Waals surface area contributed by atoms with Crippen LogP contribution in [0.15, 0.2) is 0 Å². The fourth-order valence-electron chi connectivity index (χ4n) is 0.775. The molecule has 0 rings (SSSR count). The number of nitrogens with zero attached hydrogens (tertiary/aromatic N) is 1. The van der Waals surface area contributed by atoms with Gasteiger partial charge in [-0.2, -0.15) is 0 Å². The predicted molar refractivity (Wildman–Crippen MR) is 50.1 cm³/mol. The normalized spacial score (nSPS) is 13.8. The minimum atomic E-state index is -0.688. The predicted octanol–water partition coefficient (Wildman–Crippen LogP) is -0.354. The molecule has 2 N–H and O–H groups in total. The molecule has 0 spiro atoms. The molecule has 11 heavy (non-hydrogen) atoms. The van der Waals surface area contributed by atoms with E-state index >= 15 is 0 Å². The number of hydrogen-bond acceptors (Lipinski definition) is 3. The van der Waals surface area contributed by atoms with E-state index in [-0.39, 0.29) is 0 Å². The largest absolute Gasteiger partial charge is 0.330 e. The van der Waals surface area contributed by atoms with Crippen LogP contribution in [0.4, 0.5) is 0 Å². The van der Waals surface area contributed by atoms with Crippen molar-refractivity contribution in [1.82, 2.24) is 4.90 Å². The molecule has 0 aromatic carbocycles. The van der Waals surface area contributed by atoms with Gasteiger partial charge in [0.15, 0.2) is 0 Å². The lowest BCUT2D eigenvalue weighted by atomic mass is 10.5. The van der Waals surface area contributed by atoms with Gasteiger partial charge in [0, 0.05) is 28.9 Å². The van der Waals surface area contributed by atoms with Crippen LogP contribution >= 0.6 is 0 Å². The molecule has 0 amide bonds. The highest BCUT2D eigenvalue weighted by molar-refractivity contribution is 7.84. The molecule has 0 radical (unpaired) electrons. The highest BCUT2D eigenvalue weighted by Crippen LogP contribution is 1.88. The Kier molecular flexibility index (Phi) is 6.80. The summed E-state index contributed by atoms with van der Waals surface area (Å²) in [4.78, 5) is 2.10. The smallest absolute Gasteiger partial charge is 0.0357 e. The fraction of sp³-hybridized carbons (Fsp3) is 1.00. The minimum absolute atomic E-state index is 0.536. The Morgan fingerprint density at radius 2 is 2.00 bits per heavy atom. The maximum atomic E-state index is 11.0. The summed E-state index contributed by atoms with van der Waals surface area (Å²) in [6.45, 7) is 1.55. The van der Waals surface area contributed by atoms with Gasteiger partial charge in [-0.3, -0.25) is 4.21 Å². The van der Waals surface area contributed by atoms with Crippen LogP contribution in [0.25, 0.3) is 0 Å². The first-order valence-electron chi connectivity index (χ1n) is 3.86. The standard InChI is InChI=1S/C7H18N2OS/c1-9(2)5-3-6-11(10)7-4-8/h3-8H2,1-2H3. The van der Waals surface area contributed by atoms with E-state index < -0.39 is 10.8 Å². The lowest BCUT2D eigenvalue weighted by Gasteiger charge is -2.07. The van der Waals surface area contributed by atoms with Gasteiger partial charge in [-0.15, -0.1) is 0 Å². The van der Waals surface area contributed by atoms with Crippen LogP contribution in [0.2, 0.25) is 0 Å². The van der Waals surface area contributed by atoms with Crippen LogP contribution in [0.3, 0.4) is 0 Å². The van der Waals surface area contributed by atoms with Gasteiger partial charge in [0.05, 0.1) is 0 Å². The summed E-state index contributed by atoms with van der Waals surface area (Å²) in [5.74, 6) is 1.43. The maximum Gasteiger partial charge on any atom is 0.0357 e. The molecule has 0 heterocycles. The van der Waals surface area contributed by atoms with Crippen LogP contribution in [-0.2, 0) is 10.8 Å². The molecule has 0 fully saturated rings. The Labute approximate surface area is 71.4 Å². The van der Waals surface area contributed by atoms with E-state index in [1.807, 2.05) is 14.1 Å². The second-order valence-corrected chi connectivity index (χ2v) is 4.49. The zero-order valence-electron chi connectivity index (χ0n) is 7.38. The molecule has 0 saturated heterocycles. The average Bonchev–Trinajstić information content (AvgIpc) is 1.87. The van der Waals surface area contributed by atoms with Crippen LogP contribution in [0.1, 0.15) is 6.42 Å². The molecule has 0 aromatic rings. The third-order valence-electron chi connectivity index (χ3n) is 1.32. The molecule has 0 aliphatic carbocycles. The minimum Gasteiger partial charge on any atom is -0.330 e. The summed E-state index contributed by atoms with van der Waals surface area (Å²) in [6.07, 6.45) is 1.000. The fourth-order valence-corrected chi connectivity index (χ4v) is 1.69. The van der Waals surface area contributed by atoms with Crippen molar-refractivity contribution in [3.63, 3.8) is 0 Å². The summed E-state index contributed by atoms with van der Waals surface area (Å²) in [7, 11) is 3.35. The monoisotopic (exact) mass is 178 g/mol. The molecule has 1 unspecified atom stereocenters. The Morgan fingerprint density at radius 3 is 2.45 bits per heavy atom. The Bertz CT molecular complexity index is 117. The van der Waals surface area contributed by atoms with E-state index in [4.69, 9.17) is 5.73 Å². The SMILES string of the molecule is CN(C)CCCS(=O)CCN. The van der Waals surface area contributed by atoms with E-state index in [1.54, 1.807) is 0 Å². The van der Waals surface area contributed by atoms with E-state index in [1.165, 1.54) is 0 Å². The molecule has 0 aliphatic rings. The van der Waals surface area contributed by atoms with Gasteiger partial charge in [0.25, 0.3) is 0 Å². The van der Waals surface area contributed by atoms with Crippen LogP contribution in [0.5, 0.6) is 0 Å². The molecule has 0 aliphatic heterocycles. The number of hydrogen-bond donors (Lipinski definition) is 1. The molecular formula is C7H18N2OS. The summed E-state index contributed by atoms with van der Waals surface area (Å²) in [5, 5.41) is 0. The first kappa shape index (κ1) is 11.1. The molecule has 4 heteroatoms. The van der Waals surface area contributed by atoms with Gasteiger partial charge in [-0.1, -0.05) is 0 Å². The zero-order chi connectivity index (χ0) is 8.69. The quantitative estimate of drug-likeness (QED) is 0.604. The van der Waals surface area contributed by atoms with E-state index in [2.05, 4.69) is 4.90 Å². The van der Waals surface area contributed by atoms with Crippen molar-refractivity contribution in [2.24, 2.45) is 5.73 Å². The van der Waals surface area contributed by atoms with E-state index in [0.29, 0.717) is 12.3 Å². The van der Waals surface area contributed by atoms with Crippen molar-refractivity contribution in [2.75, 3.05) is 38.7 Å². The van der Waals surface area contributed by atoms with Crippen LogP contribution in [0, 0.1) is 0 Å². The molecule has 0 saturated carbocycles. The maximum absolute atomic E-state index is 11.0. The van der Waals surface area contributed by atoms with Crippen LogP contribution in [-0.4, -0.2) is 47.8 Å². The van der Waals surface area contributed by atoms with Crippen LogP contribution < -0.4 is 5.73 Å². The van der Waals surface area contributed by atoms with Gasteiger partial charge in [-0.25, -0.2) is 0 Å². The van der Waals surface area contributed by atoms with Crippen molar-refractivity contribution >= 4 is 10.8 Å². The lowest BCUT2D eigenvalue weighted by molar-refractivity contribution is 0.409. The third-order valence-corrected chi connectivity index (χ3v) is 2.76. The van der Waals surface area contributed by atoms with E-state index in [0.717, 1.165) is 18.7 Å². The molecule has 3 nitrogen and oxygen atoms in total. The van der Waals surface area contributed by atoms with Crippen molar-refractivity contribution in [3.05, 3.63) is 0 Å². The van der Waals surface area contributed by atoms with Gasteiger partial charge >= 0.3 is 0 Å². The first-order chi connectivity index (χ1) is 5.16. The summed E-state index contributed by atoms with van der Waals surface area (Å²) in [5.41, 5.74) is 5.26. The third kappa shape index (κ3) is 7.97. The van der Waals surface area contributed by atoms with Crippen molar-refractivity contribution < 1.29 is 4.21 Å². The Balaban J connectivity index is 3.17. The highest BCUT2D eigenvalue weighted by Gasteiger charge is 1.97. The average molecular weight is 178 g/mol. The van der Waals surface area contributed by atoms with Gasteiger partial charge < -0.3 is 10.6 Å². The molecular weight excluding hydrogens is 160 g/mol. The Morgan fingerprint density at radius 1 is 1.36 bits per heavy atom. The number of nitrogens with two attached hydrogens (primary N) is 1. The summed E-state index contributed by atoms with van der Waals surface area (Å²) < 4.78 is 11.0. The molecule has 0 aromatic heterocycles. The second kappa shape index (κ2) is 6.76. The topological polar surface area (TPSA) is 46.3 Å². The van der Waals surface area contributed by atoms with Crippen molar-refractivity contribution in [2.45, 2.75) is 6.42 Å². The zero-order valence-corrected chi connectivity index (χ0v) is 8.19. The van der Waals surface area contributed by atoms with Crippen molar-refractivity contribution in [3.8, 4) is 0 Å². The molecule has 1 atom stereocenters. The Hall–Kier alpha value is 0.0700. The molecule has 68 valence electrons. The highest BCUT2D eigenvalue weighted by atomic mass is 32.2. The molecule has 0 bridgehead atoms. The number of rotatable bonds is 6. The first-order valence-corrected chi connectivity index (χ1v) is 5.35. The van der Waals surface area contributed by atoms with Gasteiger partial charge in [0.1, 0.15) is 0 Å². The van der Waals surface area contributed by atoms with E-state index in [9.17, 15) is 4.21 Å². The van der Waals surface area contributed by atoms with Gasteiger partial charge in [0.2, 0.25) is 0 Å². The van der Waals surface area contributed by atoms with Gasteiger partial charge in [-0.05, 0) is 27.1 Å². The lowest BCUT2D eigenvalue weighted by Crippen LogP contribution is -2.18. The van der Waals surface area contributed by atoms with Crippen molar-refractivity contribution in [1.29, 1.82) is 0 Å².